The maximum absolute atomic E-state index is 5.44. The van der Waals surface area contributed by atoms with E-state index in [9.17, 15) is 0 Å². The largest absolute Gasteiger partial charge is 0.312 e. The van der Waals surface area contributed by atoms with Gasteiger partial charge in [-0.25, -0.2) is 0 Å². The van der Waals surface area contributed by atoms with Gasteiger partial charge in [-0.05, 0) is 64.6 Å². The van der Waals surface area contributed by atoms with Crippen LogP contribution < -0.4 is 5.32 Å². The number of terminal acetylenes is 1. The molecule has 1 N–H and O–H groups in total. The van der Waals surface area contributed by atoms with E-state index in [1.807, 2.05) is 0 Å². The normalized spacial score (nSPS) is 23.8. The van der Waals surface area contributed by atoms with Crippen molar-refractivity contribution < 1.29 is 0 Å². The summed E-state index contributed by atoms with van der Waals surface area (Å²) in [5.41, 5.74) is 0.445. The molecule has 2 fully saturated rings. The Bertz CT molecular complexity index is 306. The third-order valence-corrected chi connectivity index (χ3v) is 5.31. The van der Waals surface area contributed by atoms with Gasteiger partial charge in [-0.15, -0.1) is 12.3 Å². The van der Waals surface area contributed by atoms with Gasteiger partial charge in [0.25, 0.3) is 0 Å². The quantitative estimate of drug-likeness (QED) is 0.538. The molecule has 2 nitrogen and oxygen atoms in total. The van der Waals surface area contributed by atoms with Crippen molar-refractivity contribution in [3.63, 3.8) is 0 Å². The Kier molecular flexibility index (Phi) is 6.39. The summed E-state index contributed by atoms with van der Waals surface area (Å²) in [5, 5.41) is 3.88. The number of hydrogen-bond acceptors (Lipinski definition) is 2. The lowest BCUT2D eigenvalue weighted by atomic mass is 9.83. The SMILES string of the molecule is C#CCCCC(NCCC)C1(N2CCCC2)CCCC1. The Hall–Kier alpha value is -0.520. The summed E-state index contributed by atoms with van der Waals surface area (Å²) in [7, 11) is 0. The van der Waals surface area contributed by atoms with Crippen LogP contribution in [0.3, 0.4) is 0 Å². The predicted molar refractivity (Wildman–Crippen MR) is 86.8 cm³/mol. The molecule has 114 valence electrons. The van der Waals surface area contributed by atoms with Gasteiger partial charge < -0.3 is 5.32 Å². The van der Waals surface area contributed by atoms with Crippen molar-refractivity contribution in [2.24, 2.45) is 0 Å². The fourth-order valence-corrected chi connectivity index (χ4v) is 4.32. The van der Waals surface area contributed by atoms with Crippen LogP contribution in [0.15, 0.2) is 0 Å². The third kappa shape index (κ3) is 3.57. The fourth-order valence-electron chi connectivity index (χ4n) is 4.32. The first-order valence-corrected chi connectivity index (χ1v) is 8.75. The van der Waals surface area contributed by atoms with Crippen LogP contribution >= 0.6 is 0 Å². The lowest BCUT2D eigenvalue weighted by molar-refractivity contribution is 0.0722. The van der Waals surface area contributed by atoms with E-state index in [1.165, 1.54) is 70.9 Å². The van der Waals surface area contributed by atoms with Gasteiger partial charge in [-0.3, -0.25) is 4.90 Å². The van der Waals surface area contributed by atoms with Gasteiger partial charge in [0, 0.05) is 18.0 Å². The molecule has 0 spiro atoms. The van der Waals surface area contributed by atoms with Crippen molar-refractivity contribution in [3.05, 3.63) is 0 Å². The van der Waals surface area contributed by atoms with Crippen molar-refractivity contribution in [3.8, 4) is 12.3 Å². The Morgan fingerprint density at radius 2 is 1.90 bits per heavy atom. The number of nitrogens with zero attached hydrogens (tertiary/aromatic N) is 1. The summed E-state index contributed by atoms with van der Waals surface area (Å²) in [6.07, 6.45) is 18.4. The molecule has 1 heterocycles. The monoisotopic (exact) mass is 276 g/mol. The van der Waals surface area contributed by atoms with Gasteiger partial charge in [-0.2, -0.15) is 0 Å². The molecule has 0 amide bonds. The van der Waals surface area contributed by atoms with Crippen molar-refractivity contribution in [2.75, 3.05) is 19.6 Å². The Morgan fingerprint density at radius 1 is 1.20 bits per heavy atom. The highest BCUT2D eigenvalue weighted by molar-refractivity contribution is 5.05. The van der Waals surface area contributed by atoms with Gasteiger partial charge >= 0.3 is 0 Å². The summed E-state index contributed by atoms with van der Waals surface area (Å²) < 4.78 is 0. The van der Waals surface area contributed by atoms with E-state index in [0.717, 1.165) is 13.0 Å². The van der Waals surface area contributed by atoms with E-state index >= 15 is 0 Å². The van der Waals surface area contributed by atoms with Gasteiger partial charge in [-0.1, -0.05) is 19.8 Å². The van der Waals surface area contributed by atoms with Crippen LogP contribution in [-0.2, 0) is 0 Å². The van der Waals surface area contributed by atoms with E-state index < -0.39 is 0 Å². The second-order valence-corrected chi connectivity index (χ2v) is 6.61. The first kappa shape index (κ1) is 15.9. The second kappa shape index (κ2) is 8.05. The highest BCUT2D eigenvalue weighted by Gasteiger charge is 2.45. The highest BCUT2D eigenvalue weighted by atomic mass is 15.2. The number of hydrogen-bond donors (Lipinski definition) is 1. The Balaban J connectivity index is 2.06. The smallest absolute Gasteiger partial charge is 0.0362 e. The second-order valence-electron chi connectivity index (χ2n) is 6.61. The molecule has 1 saturated carbocycles. The maximum Gasteiger partial charge on any atom is 0.0362 e. The van der Waals surface area contributed by atoms with Crippen LogP contribution in [0.5, 0.6) is 0 Å². The maximum atomic E-state index is 5.44. The molecule has 0 bridgehead atoms. The Morgan fingerprint density at radius 3 is 2.50 bits per heavy atom. The molecule has 2 rings (SSSR count). The van der Waals surface area contributed by atoms with Crippen LogP contribution in [0.1, 0.15) is 71.1 Å². The Labute approximate surface area is 125 Å². The molecule has 2 aliphatic rings. The van der Waals surface area contributed by atoms with Crippen molar-refractivity contribution >= 4 is 0 Å². The molecule has 0 radical (unpaired) electrons. The zero-order valence-electron chi connectivity index (χ0n) is 13.3. The molecule has 1 aliphatic heterocycles. The third-order valence-electron chi connectivity index (χ3n) is 5.31. The molecule has 1 unspecified atom stereocenters. The van der Waals surface area contributed by atoms with Crippen LogP contribution in [0.2, 0.25) is 0 Å². The zero-order chi connectivity index (χ0) is 14.3. The summed E-state index contributed by atoms with van der Waals surface area (Å²) in [6.45, 7) is 6.05. The topological polar surface area (TPSA) is 15.3 Å². The summed E-state index contributed by atoms with van der Waals surface area (Å²) in [6, 6.07) is 0.649. The van der Waals surface area contributed by atoms with Crippen molar-refractivity contribution in [1.29, 1.82) is 0 Å². The van der Waals surface area contributed by atoms with Crippen LogP contribution in [-0.4, -0.2) is 36.1 Å². The molecule has 20 heavy (non-hydrogen) atoms. The van der Waals surface area contributed by atoms with Gasteiger partial charge in [0.1, 0.15) is 0 Å². The van der Waals surface area contributed by atoms with Crippen LogP contribution in [0.4, 0.5) is 0 Å². The standard InChI is InChI=1S/C18H32N2/c1-3-5-6-11-17(19-14-4-2)18(12-7-8-13-18)20-15-9-10-16-20/h1,17,19H,4-16H2,2H3. The fraction of sp³-hybridized carbons (Fsp3) is 0.889. The highest BCUT2D eigenvalue weighted by Crippen LogP contribution is 2.41. The van der Waals surface area contributed by atoms with E-state index in [2.05, 4.69) is 23.1 Å². The minimum absolute atomic E-state index is 0.445. The van der Waals surface area contributed by atoms with Gasteiger partial charge in [0.15, 0.2) is 0 Å². The molecule has 0 aromatic heterocycles. The minimum Gasteiger partial charge on any atom is -0.312 e. The number of nitrogens with one attached hydrogen (secondary N) is 1. The summed E-state index contributed by atoms with van der Waals surface area (Å²) in [4.78, 5) is 2.82. The average Bonchev–Trinajstić information content (AvgIpc) is 3.13. The molecular weight excluding hydrogens is 244 g/mol. The summed E-state index contributed by atoms with van der Waals surface area (Å²) >= 11 is 0. The number of rotatable bonds is 8. The van der Waals surface area contributed by atoms with E-state index in [0.29, 0.717) is 11.6 Å². The first-order valence-electron chi connectivity index (χ1n) is 8.75. The van der Waals surface area contributed by atoms with Crippen molar-refractivity contribution in [1.82, 2.24) is 10.2 Å². The van der Waals surface area contributed by atoms with Crippen LogP contribution in [0.25, 0.3) is 0 Å². The predicted octanol–water partition coefficient (Wildman–Crippen LogP) is 3.57. The van der Waals surface area contributed by atoms with Crippen LogP contribution in [0, 0.1) is 12.3 Å². The molecule has 1 aliphatic carbocycles. The van der Waals surface area contributed by atoms with E-state index in [-0.39, 0.29) is 0 Å². The van der Waals surface area contributed by atoms with E-state index in [4.69, 9.17) is 6.42 Å². The molecule has 1 atom stereocenters. The van der Waals surface area contributed by atoms with Crippen molar-refractivity contribution in [2.45, 2.75) is 82.7 Å². The number of likely N-dealkylation sites (tertiary alicyclic amines) is 1. The molecular formula is C18H32N2. The molecule has 0 aromatic rings. The van der Waals surface area contributed by atoms with E-state index in [1.54, 1.807) is 0 Å². The minimum atomic E-state index is 0.445. The lowest BCUT2D eigenvalue weighted by Gasteiger charge is -2.46. The average molecular weight is 276 g/mol. The molecule has 1 saturated heterocycles. The summed E-state index contributed by atoms with van der Waals surface area (Å²) in [5.74, 6) is 2.81. The first-order chi connectivity index (χ1) is 9.83. The van der Waals surface area contributed by atoms with Gasteiger partial charge in [0.05, 0.1) is 0 Å². The zero-order valence-corrected chi connectivity index (χ0v) is 13.3. The lowest BCUT2D eigenvalue weighted by Crippen LogP contribution is -2.59. The van der Waals surface area contributed by atoms with Gasteiger partial charge in [0.2, 0.25) is 0 Å². The number of unbranched alkanes of at least 4 members (excludes halogenated alkanes) is 1. The molecule has 0 aromatic carbocycles. The molecule has 2 heteroatoms.